The highest BCUT2D eigenvalue weighted by molar-refractivity contribution is 5.95. The first-order valence-corrected chi connectivity index (χ1v) is 9.47. The summed E-state index contributed by atoms with van der Waals surface area (Å²) in [6.07, 6.45) is 2.88. The largest absolute Gasteiger partial charge is 0.486 e. The van der Waals surface area contributed by atoms with Gasteiger partial charge in [0.05, 0.1) is 0 Å². The molecule has 1 heterocycles. The molecule has 1 unspecified atom stereocenters. The van der Waals surface area contributed by atoms with Gasteiger partial charge in [0.15, 0.2) is 11.5 Å². The SMILES string of the molecule is CCC(CCc1ccccc1)N(CC)C(=O)c1ccc2c(c1)OCCO2. The Morgan fingerprint density at radius 2 is 1.77 bits per heavy atom. The van der Waals surface area contributed by atoms with E-state index in [0.717, 1.165) is 19.3 Å². The molecule has 0 N–H and O–H groups in total. The van der Waals surface area contributed by atoms with Crippen LogP contribution in [0.1, 0.15) is 42.6 Å². The first kappa shape index (κ1) is 18.3. The maximum Gasteiger partial charge on any atom is 0.254 e. The molecule has 1 atom stereocenters. The normalized spacial score (nSPS) is 13.9. The van der Waals surface area contributed by atoms with Gasteiger partial charge in [-0.15, -0.1) is 0 Å². The Morgan fingerprint density at radius 3 is 2.46 bits per heavy atom. The van der Waals surface area contributed by atoms with Gasteiger partial charge >= 0.3 is 0 Å². The molecule has 138 valence electrons. The summed E-state index contributed by atoms with van der Waals surface area (Å²) in [6.45, 7) is 5.96. The van der Waals surface area contributed by atoms with Crippen molar-refractivity contribution in [3.63, 3.8) is 0 Å². The van der Waals surface area contributed by atoms with Crippen molar-refractivity contribution in [1.29, 1.82) is 0 Å². The zero-order valence-corrected chi connectivity index (χ0v) is 15.6. The van der Waals surface area contributed by atoms with Crippen molar-refractivity contribution in [2.75, 3.05) is 19.8 Å². The smallest absolute Gasteiger partial charge is 0.254 e. The number of hydrogen-bond acceptors (Lipinski definition) is 3. The number of nitrogens with zero attached hydrogens (tertiary/aromatic N) is 1. The molecule has 4 heteroatoms. The van der Waals surface area contributed by atoms with Crippen LogP contribution < -0.4 is 9.47 Å². The molecule has 0 saturated carbocycles. The van der Waals surface area contributed by atoms with Crippen LogP contribution in [0.3, 0.4) is 0 Å². The average Bonchev–Trinajstić information content (AvgIpc) is 2.71. The van der Waals surface area contributed by atoms with Gasteiger partial charge in [-0.1, -0.05) is 37.3 Å². The van der Waals surface area contributed by atoms with Crippen LogP contribution in [0.4, 0.5) is 0 Å². The lowest BCUT2D eigenvalue weighted by molar-refractivity contribution is 0.0674. The molecule has 0 bridgehead atoms. The van der Waals surface area contributed by atoms with Crippen molar-refractivity contribution >= 4 is 5.91 Å². The highest BCUT2D eigenvalue weighted by Gasteiger charge is 2.23. The molecule has 0 aromatic heterocycles. The van der Waals surface area contributed by atoms with Crippen molar-refractivity contribution in [2.45, 2.75) is 39.2 Å². The Labute approximate surface area is 155 Å². The molecule has 2 aromatic carbocycles. The second kappa shape index (κ2) is 8.75. The fourth-order valence-corrected chi connectivity index (χ4v) is 3.47. The fourth-order valence-electron chi connectivity index (χ4n) is 3.47. The molecule has 1 amide bonds. The number of fused-ring (bicyclic) bond motifs is 1. The lowest BCUT2D eigenvalue weighted by Crippen LogP contribution is -2.40. The average molecular weight is 353 g/mol. The molecule has 0 spiro atoms. The molecular weight excluding hydrogens is 326 g/mol. The molecule has 0 fully saturated rings. The summed E-state index contributed by atoms with van der Waals surface area (Å²) in [7, 11) is 0. The molecule has 26 heavy (non-hydrogen) atoms. The Hall–Kier alpha value is -2.49. The zero-order valence-electron chi connectivity index (χ0n) is 15.6. The lowest BCUT2D eigenvalue weighted by atomic mass is 10.0. The highest BCUT2D eigenvalue weighted by Crippen LogP contribution is 2.31. The number of aryl methyl sites for hydroxylation is 1. The van der Waals surface area contributed by atoms with Gasteiger partial charge in [-0.05, 0) is 49.9 Å². The van der Waals surface area contributed by atoms with Crippen LogP contribution in [0.15, 0.2) is 48.5 Å². The minimum atomic E-state index is 0.0596. The third-order valence-corrected chi connectivity index (χ3v) is 4.91. The second-order valence-electron chi connectivity index (χ2n) is 6.54. The highest BCUT2D eigenvalue weighted by atomic mass is 16.6. The van der Waals surface area contributed by atoms with E-state index in [1.165, 1.54) is 5.56 Å². The van der Waals surface area contributed by atoms with Gasteiger partial charge in [-0.25, -0.2) is 0 Å². The van der Waals surface area contributed by atoms with Gasteiger partial charge in [0.25, 0.3) is 5.91 Å². The van der Waals surface area contributed by atoms with E-state index < -0.39 is 0 Å². The van der Waals surface area contributed by atoms with Gasteiger partial charge in [0.1, 0.15) is 13.2 Å². The van der Waals surface area contributed by atoms with Crippen LogP contribution in [0.5, 0.6) is 11.5 Å². The predicted octanol–water partition coefficient (Wildman–Crippen LogP) is 4.33. The summed E-state index contributed by atoms with van der Waals surface area (Å²) >= 11 is 0. The van der Waals surface area contributed by atoms with E-state index in [1.54, 1.807) is 0 Å². The maximum atomic E-state index is 13.1. The van der Waals surface area contributed by atoms with E-state index in [2.05, 4.69) is 31.2 Å². The third-order valence-electron chi connectivity index (χ3n) is 4.91. The van der Waals surface area contributed by atoms with E-state index >= 15 is 0 Å². The van der Waals surface area contributed by atoms with Gasteiger partial charge in [0, 0.05) is 18.2 Å². The summed E-state index contributed by atoms with van der Waals surface area (Å²) in [6, 6.07) is 16.2. The Morgan fingerprint density at radius 1 is 1.04 bits per heavy atom. The summed E-state index contributed by atoms with van der Waals surface area (Å²) in [5.74, 6) is 1.44. The number of carbonyl (C=O) groups excluding carboxylic acids is 1. The maximum absolute atomic E-state index is 13.1. The molecule has 3 rings (SSSR count). The predicted molar refractivity (Wildman–Crippen MR) is 103 cm³/mol. The van der Waals surface area contributed by atoms with E-state index in [9.17, 15) is 4.79 Å². The summed E-state index contributed by atoms with van der Waals surface area (Å²) < 4.78 is 11.2. The number of rotatable bonds is 7. The van der Waals surface area contributed by atoms with Crippen LogP contribution in [0, 0.1) is 0 Å². The van der Waals surface area contributed by atoms with Crippen LogP contribution in [0.2, 0.25) is 0 Å². The zero-order chi connectivity index (χ0) is 18.4. The van der Waals surface area contributed by atoms with Gasteiger partial charge in [0.2, 0.25) is 0 Å². The van der Waals surface area contributed by atoms with Crippen molar-refractivity contribution in [3.05, 3.63) is 59.7 Å². The Balaban J connectivity index is 1.72. The van der Waals surface area contributed by atoms with Crippen LogP contribution in [-0.2, 0) is 6.42 Å². The van der Waals surface area contributed by atoms with Gasteiger partial charge in [-0.3, -0.25) is 4.79 Å². The molecule has 1 aliphatic heterocycles. The molecule has 2 aromatic rings. The van der Waals surface area contributed by atoms with E-state index in [0.29, 0.717) is 36.8 Å². The third kappa shape index (κ3) is 4.18. The number of benzene rings is 2. The molecule has 0 radical (unpaired) electrons. The quantitative estimate of drug-likeness (QED) is 0.744. The monoisotopic (exact) mass is 353 g/mol. The lowest BCUT2D eigenvalue weighted by Gasteiger charge is -2.31. The molecule has 4 nitrogen and oxygen atoms in total. The minimum Gasteiger partial charge on any atom is -0.486 e. The Kier molecular flexibility index (Phi) is 6.16. The summed E-state index contributed by atoms with van der Waals surface area (Å²) in [5.41, 5.74) is 1.98. The van der Waals surface area contributed by atoms with Gasteiger partial charge in [-0.2, -0.15) is 0 Å². The van der Waals surface area contributed by atoms with Crippen molar-refractivity contribution < 1.29 is 14.3 Å². The molecule has 1 aliphatic rings. The number of carbonyl (C=O) groups is 1. The van der Waals surface area contributed by atoms with Crippen LogP contribution >= 0.6 is 0 Å². The van der Waals surface area contributed by atoms with Crippen LogP contribution in [0.25, 0.3) is 0 Å². The van der Waals surface area contributed by atoms with Crippen LogP contribution in [-0.4, -0.2) is 36.6 Å². The van der Waals surface area contributed by atoms with E-state index in [-0.39, 0.29) is 11.9 Å². The topological polar surface area (TPSA) is 38.8 Å². The van der Waals surface area contributed by atoms with Crippen molar-refractivity contribution in [3.8, 4) is 11.5 Å². The summed E-state index contributed by atoms with van der Waals surface area (Å²) in [4.78, 5) is 15.1. The van der Waals surface area contributed by atoms with E-state index in [1.807, 2.05) is 36.1 Å². The number of ether oxygens (including phenoxy) is 2. The molecule has 0 saturated heterocycles. The first-order valence-electron chi connectivity index (χ1n) is 9.47. The second-order valence-corrected chi connectivity index (χ2v) is 6.54. The minimum absolute atomic E-state index is 0.0596. The number of amides is 1. The van der Waals surface area contributed by atoms with Gasteiger partial charge < -0.3 is 14.4 Å². The fraction of sp³-hybridized carbons (Fsp3) is 0.409. The van der Waals surface area contributed by atoms with Crippen molar-refractivity contribution in [2.24, 2.45) is 0 Å². The standard InChI is InChI=1S/C22H27NO3/c1-3-19(12-10-17-8-6-5-7-9-17)23(4-2)22(24)18-11-13-20-21(16-18)26-15-14-25-20/h5-9,11,13,16,19H,3-4,10,12,14-15H2,1-2H3. The number of hydrogen-bond donors (Lipinski definition) is 0. The van der Waals surface area contributed by atoms with Crippen molar-refractivity contribution in [1.82, 2.24) is 4.90 Å². The first-order chi connectivity index (χ1) is 12.7. The Bertz CT molecular complexity index is 729. The molecule has 0 aliphatic carbocycles. The molecular formula is C22H27NO3. The summed E-state index contributed by atoms with van der Waals surface area (Å²) in [5, 5.41) is 0. The van der Waals surface area contributed by atoms with E-state index in [4.69, 9.17) is 9.47 Å².